The number of hydrogen-bond acceptors (Lipinski definition) is 3. The van der Waals surface area contributed by atoms with Crippen molar-refractivity contribution in [2.45, 2.75) is 26.3 Å². The number of rotatable bonds is 6. The van der Waals surface area contributed by atoms with Crippen molar-refractivity contribution in [1.82, 2.24) is 10.2 Å². The zero-order valence-electron chi connectivity index (χ0n) is 12.3. The van der Waals surface area contributed by atoms with Crippen molar-refractivity contribution in [3.05, 3.63) is 36.1 Å². The average Bonchev–Trinajstić information content (AvgIpc) is 2.89. The number of likely N-dealkylation sites (N-methyl/N-ethyl adjacent to an activating group) is 1. The molecule has 108 valence electrons. The molecule has 1 N–H and O–H groups in total. The van der Waals surface area contributed by atoms with Gasteiger partial charge in [0.25, 0.3) is 0 Å². The van der Waals surface area contributed by atoms with Crippen molar-refractivity contribution in [2.75, 3.05) is 20.1 Å². The van der Waals surface area contributed by atoms with Gasteiger partial charge in [-0.05, 0) is 32.0 Å². The number of carbonyl (C=O) groups is 1. The smallest absolute Gasteiger partial charge is 0.236 e. The lowest BCUT2D eigenvalue weighted by Crippen LogP contribution is -2.37. The van der Waals surface area contributed by atoms with Gasteiger partial charge in [0, 0.05) is 12.4 Å². The number of furan rings is 1. The summed E-state index contributed by atoms with van der Waals surface area (Å²) in [6.07, 6.45) is 1.02. The van der Waals surface area contributed by atoms with Crippen LogP contribution in [0.5, 0.6) is 0 Å². The third-order valence-electron chi connectivity index (χ3n) is 3.53. The van der Waals surface area contributed by atoms with E-state index in [1.54, 1.807) is 4.90 Å². The number of fused-ring (bicyclic) bond motifs is 1. The van der Waals surface area contributed by atoms with Crippen LogP contribution in [0.2, 0.25) is 0 Å². The predicted octanol–water partition coefficient (Wildman–Crippen LogP) is 2.95. The lowest BCUT2D eigenvalue weighted by molar-refractivity contribution is -0.131. The summed E-state index contributed by atoms with van der Waals surface area (Å²) in [6.45, 7) is 5.29. The molecular weight excluding hydrogens is 252 g/mol. The minimum atomic E-state index is -0.0710. The van der Waals surface area contributed by atoms with Gasteiger partial charge in [0.2, 0.25) is 5.91 Å². The number of para-hydroxylation sites is 1. The van der Waals surface area contributed by atoms with Crippen LogP contribution in [0, 0.1) is 0 Å². The molecule has 0 saturated heterocycles. The van der Waals surface area contributed by atoms with E-state index >= 15 is 0 Å². The van der Waals surface area contributed by atoms with Gasteiger partial charge in [0.1, 0.15) is 11.3 Å². The van der Waals surface area contributed by atoms with Crippen LogP contribution in [0.15, 0.2) is 34.7 Å². The topological polar surface area (TPSA) is 45.5 Å². The first-order valence-electron chi connectivity index (χ1n) is 7.08. The molecule has 1 aromatic carbocycles. The van der Waals surface area contributed by atoms with E-state index in [1.165, 1.54) is 0 Å². The molecule has 2 aromatic rings. The van der Waals surface area contributed by atoms with Crippen LogP contribution in [0.4, 0.5) is 0 Å². The second kappa shape index (κ2) is 6.57. The first kappa shape index (κ1) is 14.6. The molecule has 20 heavy (non-hydrogen) atoms. The standard InChI is InChI=1S/C16H22N2O2/c1-4-9-17-11-16(19)18(3)12(2)15-10-13-7-5-6-8-14(13)20-15/h5-8,10,12,17H,4,9,11H2,1-3H3. The molecule has 0 aliphatic heterocycles. The van der Waals surface area contributed by atoms with Crippen molar-refractivity contribution < 1.29 is 9.21 Å². The molecule has 0 fully saturated rings. The summed E-state index contributed by atoms with van der Waals surface area (Å²) < 4.78 is 5.81. The van der Waals surface area contributed by atoms with Gasteiger partial charge in [-0.2, -0.15) is 0 Å². The van der Waals surface area contributed by atoms with Gasteiger partial charge in [-0.15, -0.1) is 0 Å². The number of benzene rings is 1. The lowest BCUT2D eigenvalue weighted by Gasteiger charge is -2.23. The molecular formula is C16H22N2O2. The van der Waals surface area contributed by atoms with Gasteiger partial charge in [-0.3, -0.25) is 4.79 Å². The molecule has 1 unspecified atom stereocenters. The summed E-state index contributed by atoms with van der Waals surface area (Å²) in [5.41, 5.74) is 0.860. The van der Waals surface area contributed by atoms with Gasteiger partial charge < -0.3 is 14.6 Å². The van der Waals surface area contributed by atoms with Crippen LogP contribution >= 0.6 is 0 Å². The molecule has 1 amide bonds. The van der Waals surface area contributed by atoms with Gasteiger partial charge >= 0.3 is 0 Å². The second-order valence-electron chi connectivity index (χ2n) is 5.04. The number of amides is 1. The second-order valence-corrected chi connectivity index (χ2v) is 5.04. The average molecular weight is 274 g/mol. The SMILES string of the molecule is CCCNCC(=O)N(C)C(C)c1cc2ccccc2o1. The number of carbonyl (C=O) groups excluding carboxylic acids is 1. The van der Waals surface area contributed by atoms with Crippen LogP contribution in [-0.4, -0.2) is 30.9 Å². The van der Waals surface area contributed by atoms with E-state index in [1.807, 2.05) is 44.3 Å². The van der Waals surface area contributed by atoms with Crippen molar-refractivity contribution in [1.29, 1.82) is 0 Å². The summed E-state index contributed by atoms with van der Waals surface area (Å²) in [4.78, 5) is 13.8. The molecule has 1 atom stereocenters. The normalized spacial score (nSPS) is 12.6. The Morgan fingerprint density at radius 3 is 2.85 bits per heavy atom. The van der Waals surface area contributed by atoms with E-state index in [0.29, 0.717) is 6.54 Å². The molecule has 0 bridgehead atoms. The van der Waals surface area contributed by atoms with E-state index in [0.717, 1.165) is 29.7 Å². The highest BCUT2D eigenvalue weighted by molar-refractivity contribution is 5.80. The molecule has 0 spiro atoms. The maximum atomic E-state index is 12.1. The predicted molar refractivity (Wildman–Crippen MR) is 80.6 cm³/mol. The Bertz CT molecular complexity index is 544. The highest BCUT2D eigenvalue weighted by atomic mass is 16.3. The van der Waals surface area contributed by atoms with Crippen LogP contribution in [0.1, 0.15) is 32.1 Å². The summed E-state index contributed by atoms with van der Waals surface area (Å²) in [5.74, 6) is 0.893. The highest BCUT2D eigenvalue weighted by Gasteiger charge is 2.20. The Kier molecular flexibility index (Phi) is 4.79. The number of nitrogens with one attached hydrogen (secondary N) is 1. The van der Waals surface area contributed by atoms with E-state index in [2.05, 4.69) is 12.2 Å². The van der Waals surface area contributed by atoms with Crippen LogP contribution in [0.3, 0.4) is 0 Å². The van der Waals surface area contributed by atoms with E-state index in [-0.39, 0.29) is 11.9 Å². The summed E-state index contributed by atoms with van der Waals surface area (Å²) in [6, 6.07) is 9.82. The lowest BCUT2D eigenvalue weighted by atomic mass is 10.2. The molecule has 0 aliphatic rings. The zero-order chi connectivity index (χ0) is 14.5. The number of nitrogens with zero attached hydrogens (tertiary/aromatic N) is 1. The third kappa shape index (κ3) is 3.20. The number of hydrogen-bond donors (Lipinski definition) is 1. The maximum absolute atomic E-state index is 12.1. The van der Waals surface area contributed by atoms with Crippen LogP contribution in [-0.2, 0) is 4.79 Å². The van der Waals surface area contributed by atoms with Crippen molar-refractivity contribution in [2.24, 2.45) is 0 Å². The first-order valence-corrected chi connectivity index (χ1v) is 7.08. The van der Waals surface area contributed by atoms with Gasteiger partial charge in [-0.1, -0.05) is 25.1 Å². The minimum Gasteiger partial charge on any atom is -0.459 e. The molecule has 4 heteroatoms. The molecule has 1 aromatic heterocycles. The third-order valence-corrected chi connectivity index (χ3v) is 3.53. The van der Waals surface area contributed by atoms with Crippen LogP contribution < -0.4 is 5.32 Å². The maximum Gasteiger partial charge on any atom is 0.236 e. The van der Waals surface area contributed by atoms with Crippen molar-refractivity contribution >= 4 is 16.9 Å². The summed E-state index contributed by atoms with van der Waals surface area (Å²) in [5, 5.41) is 4.20. The fourth-order valence-corrected chi connectivity index (χ4v) is 2.11. The zero-order valence-corrected chi connectivity index (χ0v) is 12.3. The monoisotopic (exact) mass is 274 g/mol. The van der Waals surface area contributed by atoms with Crippen molar-refractivity contribution in [3.63, 3.8) is 0 Å². The van der Waals surface area contributed by atoms with E-state index < -0.39 is 0 Å². The van der Waals surface area contributed by atoms with Gasteiger partial charge in [-0.25, -0.2) is 0 Å². The first-order chi connectivity index (χ1) is 9.63. The van der Waals surface area contributed by atoms with Crippen LogP contribution in [0.25, 0.3) is 11.0 Å². The summed E-state index contributed by atoms with van der Waals surface area (Å²) >= 11 is 0. The van der Waals surface area contributed by atoms with Gasteiger partial charge in [0.05, 0.1) is 12.6 Å². The Labute approximate surface area is 119 Å². The quantitative estimate of drug-likeness (QED) is 0.824. The summed E-state index contributed by atoms with van der Waals surface area (Å²) in [7, 11) is 1.81. The largest absolute Gasteiger partial charge is 0.459 e. The molecule has 1 heterocycles. The van der Waals surface area contributed by atoms with Gasteiger partial charge in [0.15, 0.2) is 0 Å². The molecule has 0 saturated carbocycles. The fourth-order valence-electron chi connectivity index (χ4n) is 2.11. The minimum absolute atomic E-state index is 0.0710. The Balaban J connectivity index is 2.05. The Morgan fingerprint density at radius 1 is 1.40 bits per heavy atom. The van der Waals surface area contributed by atoms with E-state index in [9.17, 15) is 4.79 Å². The van der Waals surface area contributed by atoms with Crippen molar-refractivity contribution in [3.8, 4) is 0 Å². The fraction of sp³-hybridized carbons (Fsp3) is 0.438. The highest BCUT2D eigenvalue weighted by Crippen LogP contribution is 2.26. The molecule has 0 radical (unpaired) electrons. The molecule has 4 nitrogen and oxygen atoms in total. The Morgan fingerprint density at radius 2 is 2.15 bits per heavy atom. The Hall–Kier alpha value is -1.81. The van der Waals surface area contributed by atoms with E-state index in [4.69, 9.17) is 4.42 Å². The molecule has 2 rings (SSSR count). The molecule has 0 aliphatic carbocycles.